The molecule has 0 aromatic rings. The number of imide groups is 1. The molecule has 0 saturated carbocycles. The van der Waals surface area contributed by atoms with E-state index in [0.717, 1.165) is 0 Å². The van der Waals surface area contributed by atoms with E-state index >= 15 is 0 Å². The average Bonchev–Trinajstić information content (AvgIpc) is 1.96. The first-order valence-electron chi connectivity index (χ1n) is 2.71. The van der Waals surface area contributed by atoms with Crippen molar-refractivity contribution in [3.63, 3.8) is 0 Å². The topological polar surface area (TPSA) is 34.1 Å². The van der Waals surface area contributed by atoms with E-state index in [1.165, 1.54) is 7.05 Å². The summed E-state index contributed by atoms with van der Waals surface area (Å²) in [6.45, 7) is 0. The Bertz CT molecular complexity index is 158. The number of likely N-dealkylation sites (tertiary alicyclic amines) is 1. The van der Waals surface area contributed by atoms with Crippen LogP contribution in [0.15, 0.2) is 0 Å². The molecule has 0 aromatic carbocycles. The second-order valence-electron chi connectivity index (χ2n) is 2.25. The monoisotopic (exact) mass is 146 g/mol. The molecule has 1 heterocycles. The van der Waals surface area contributed by atoms with Crippen molar-refractivity contribution in [2.45, 2.75) is 12.8 Å². The lowest BCUT2D eigenvalue weighted by Crippen LogP contribution is -2.38. The van der Waals surface area contributed by atoms with Crippen LogP contribution in [0.4, 0.5) is 0 Å². The molecule has 0 spiro atoms. The number of amides is 2. The average molecular weight is 146 g/mol. The number of quaternary nitrogens is 1. The first-order valence-corrected chi connectivity index (χ1v) is 3.11. The third-order valence-corrected chi connectivity index (χ3v) is 1.97. The zero-order chi connectivity index (χ0) is 7.07. The molecule has 3 nitrogen and oxygen atoms in total. The van der Waals surface area contributed by atoms with Crippen LogP contribution in [-0.4, -0.2) is 22.8 Å². The third kappa shape index (κ3) is 0.881. The number of hydrogen-bond donors (Lipinski definition) is 1. The van der Waals surface area contributed by atoms with Crippen molar-refractivity contribution < 1.29 is 13.5 Å². The standard InChI is InChI=1S/C5H8NO2S/c1-6(9)4(7)2-3-5(6)8/h9H,2-3H2,1H3/q+1. The van der Waals surface area contributed by atoms with Crippen molar-refractivity contribution in [3.8, 4) is 0 Å². The van der Waals surface area contributed by atoms with Crippen molar-refractivity contribution in [1.29, 1.82) is 0 Å². The van der Waals surface area contributed by atoms with Crippen LogP contribution in [0.2, 0.25) is 0 Å². The van der Waals surface area contributed by atoms with Gasteiger partial charge in [0.1, 0.15) is 0 Å². The van der Waals surface area contributed by atoms with Gasteiger partial charge in [-0.25, -0.2) is 9.59 Å². The number of carbonyl (C=O) groups excluding carboxylic acids is 2. The summed E-state index contributed by atoms with van der Waals surface area (Å²) >= 11 is 3.88. The van der Waals surface area contributed by atoms with E-state index in [4.69, 9.17) is 0 Å². The Kier molecular flexibility index (Phi) is 1.36. The van der Waals surface area contributed by atoms with Crippen LogP contribution < -0.4 is 0 Å². The Morgan fingerprint density at radius 2 is 1.67 bits per heavy atom. The molecule has 1 rings (SSSR count). The highest BCUT2D eigenvalue weighted by Gasteiger charge is 2.43. The molecule has 0 radical (unpaired) electrons. The second-order valence-corrected chi connectivity index (χ2v) is 3.05. The second kappa shape index (κ2) is 1.82. The Labute approximate surface area is 58.8 Å². The molecule has 1 saturated heterocycles. The van der Waals surface area contributed by atoms with Crippen molar-refractivity contribution in [2.24, 2.45) is 0 Å². The summed E-state index contributed by atoms with van der Waals surface area (Å²) in [7, 11) is 1.50. The molecule has 50 valence electrons. The van der Waals surface area contributed by atoms with Gasteiger partial charge < -0.3 is 0 Å². The fourth-order valence-corrected chi connectivity index (χ4v) is 0.988. The van der Waals surface area contributed by atoms with Gasteiger partial charge in [0.25, 0.3) is 0 Å². The maximum atomic E-state index is 10.8. The molecule has 0 aromatic heterocycles. The van der Waals surface area contributed by atoms with Crippen LogP contribution in [0.5, 0.6) is 0 Å². The molecular weight excluding hydrogens is 138 g/mol. The van der Waals surface area contributed by atoms with Crippen LogP contribution in [0.1, 0.15) is 12.8 Å². The first-order chi connectivity index (χ1) is 4.05. The van der Waals surface area contributed by atoms with Crippen LogP contribution >= 0.6 is 12.8 Å². The van der Waals surface area contributed by atoms with Gasteiger partial charge in [-0.05, 0) is 0 Å². The molecule has 9 heavy (non-hydrogen) atoms. The Balaban J connectivity index is 2.91. The summed E-state index contributed by atoms with van der Waals surface area (Å²) in [5.41, 5.74) is 0. The van der Waals surface area contributed by atoms with Crippen LogP contribution in [0.3, 0.4) is 0 Å². The van der Waals surface area contributed by atoms with Gasteiger partial charge in [-0.1, -0.05) is 0 Å². The molecule has 0 atom stereocenters. The predicted octanol–water partition coefficient (Wildman–Crippen LogP) is 0.125. The van der Waals surface area contributed by atoms with Gasteiger partial charge in [0, 0.05) is 0 Å². The Morgan fingerprint density at radius 1 is 1.33 bits per heavy atom. The van der Waals surface area contributed by atoms with Crippen LogP contribution in [0, 0.1) is 0 Å². The van der Waals surface area contributed by atoms with Crippen LogP contribution in [-0.2, 0) is 9.59 Å². The number of hydrogen-bond acceptors (Lipinski definition) is 3. The van der Waals surface area contributed by atoms with Crippen LogP contribution in [0.25, 0.3) is 0 Å². The van der Waals surface area contributed by atoms with E-state index in [-0.39, 0.29) is 15.7 Å². The smallest absolute Gasteiger partial charge is 0.229 e. The summed E-state index contributed by atoms with van der Waals surface area (Å²) in [6.07, 6.45) is 0.692. The minimum atomic E-state index is -0.361. The van der Waals surface area contributed by atoms with Gasteiger partial charge in [-0.3, -0.25) is 0 Å². The number of carbonyl (C=O) groups is 2. The maximum Gasteiger partial charge on any atom is 0.332 e. The summed E-state index contributed by atoms with van der Waals surface area (Å²) in [5, 5.41) is 0. The SMILES string of the molecule is C[N+]1(S)C(=O)CCC1=O. The molecule has 1 fully saturated rings. The number of thiol groups is 1. The van der Waals surface area contributed by atoms with Gasteiger partial charge in [0.05, 0.1) is 32.7 Å². The highest BCUT2D eigenvalue weighted by Crippen LogP contribution is 2.21. The highest BCUT2D eigenvalue weighted by atomic mass is 32.1. The summed E-state index contributed by atoms with van der Waals surface area (Å²) in [6, 6.07) is 0. The molecule has 0 N–H and O–H groups in total. The molecule has 1 aliphatic heterocycles. The Hall–Kier alpha value is -0.350. The zero-order valence-electron chi connectivity index (χ0n) is 5.13. The zero-order valence-corrected chi connectivity index (χ0v) is 6.02. The van der Waals surface area contributed by atoms with E-state index in [9.17, 15) is 9.59 Å². The predicted molar refractivity (Wildman–Crippen MR) is 34.4 cm³/mol. The summed E-state index contributed by atoms with van der Waals surface area (Å²) in [5.74, 6) is -0.216. The lowest BCUT2D eigenvalue weighted by atomic mass is 10.4. The van der Waals surface area contributed by atoms with E-state index in [2.05, 4.69) is 12.8 Å². The molecular formula is C5H8NO2S+. The Morgan fingerprint density at radius 3 is 1.78 bits per heavy atom. The first kappa shape index (κ1) is 6.77. The molecule has 2 amide bonds. The maximum absolute atomic E-state index is 10.8. The van der Waals surface area contributed by atoms with Gasteiger partial charge in [0.15, 0.2) is 0 Å². The fourth-order valence-electron chi connectivity index (χ4n) is 0.788. The quantitative estimate of drug-likeness (QED) is 0.299. The minimum Gasteiger partial charge on any atom is -0.229 e. The molecule has 1 aliphatic rings. The van der Waals surface area contributed by atoms with Gasteiger partial charge in [-0.2, -0.15) is 0 Å². The summed E-state index contributed by atoms with van der Waals surface area (Å²) < 4.78 is -0.361. The van der Waals surface area contributed by atoms with Crippen molar-refractivity contribution >= 4 is 24.6 Å². The minimum absolute atomic E-state index is 0.108. The third-order valence-electron chi connectivity index (χ3n) is 1.52. The lowest BCUT2D eigenvalue weighted by molar-refractivity contribution is -0.600. The van der Waals surface area contributed by atoms with Crippen molar-refractivity contribution in [3.05, 3.63) is 0 Å². The normalized spacial score (nSPS) is 25.1. The molecule has 0 bridgehead atoms. The lowest BCUT2D eigenvalue weighted by Gasteiger charge is -2.12. The molecule has 0 aliphatic carbocycles. The van der Waals surface area contributed by atoms with Gasteiger partial charge in [0.2, 0.25) is 0 Å². The number of rotatable bonds is 0. The van der Waals surface area contributed by atoms with Gasteiger partial charge >= 0.3 is 11.8 Å². The summed E-state index contributed by atoms with van der Waals surface area (Å²) in [4.78, 5) is 21.6. The van der Waals surface area contributed by atoms with Crippen molar-refractivity contribution in [2.75, 3.05) is 7.05 Å². The molecule has 4 heteroatoms. The fraction of sp³-hybridized carbons (Fsp3) is 0.600. The largest absolute Gasteiger partial charge is 0.332 e. The van der Waals surface area contributed by atoms with Crippen molar-refractivity contribution in [1.82, 2.24) is 0 Å². The van der Waals surface area contributed by atoms with E-state index < -0.39 is 0 Å². The van der Waals surface area contributed by atoms with E-state index in [0.29, 0.717) is 12.8 Å². The van der Waals surface area contributed by atoms with E-state index in [1.807, 2.05) is 0 Å². The molecule has 0 unspecified atom stereocenters. The number of nitrogens with zero attached hydrogens (tertiary/aromatic N) is 1. The van der Waals surface area contributed by atoms with Gasteiger partial charge in [-0.15, -0.1) is 3.89 Å². The highest BCUT2D eigenvalue weighted by molar-refractivity contribution is 7.75. The van der Waals surface area contributed by atoms with E-state index in [1.54, 1.807) is 0 Å².